The lowest BCUT2D eigenvalue weighted by Gasteiger charge is -2.26. The van der Waals surface area contributed by atoms with Gasteiger partial charge in [0.1, 0.15) is 12.2 Å². The monoisotopic (exact) mass is 347 g/mol. The summed E-state index contributed by atoms with van der Waals surface area (Å²) in [4.78, 5) is 12.6. The maximum absolute atomic E-state index is 12.6. The van der Waals surface area contributed by atoms with Crippen molar-refractivity contribution in [3.63, 3.8) is 0 Å². The van der Waals surface area contributed by atoms with E-state index in [1.54, 1.807) is 0 Å². The standard InChI is InChI=1S/C22H25N3O/c1-16-11-13-18(14-12-16)23-21(26)15-25-20-10-6-5-9-19(20)22(24-25)17-7-3-2-4-8-17/h2-10,16,18H,11-15H2,1H3,(H,23,26). The van der Waals surface area contributed by atoms with Crippen LogP contribution in [0, 0.1) is 5.92 Å². The van der Waals surface area contributed by atoms with E-state index in [9.17, 15) is 4.79 Å². The molecule has 0 saturated heterocycles. The summed E-state index contributed by atoms with van der Waals surface area (Å²) in [6.45, 7) is 2.55. The molecular formula is C22H25N3O. The lowest BCUT2D eigenvalue weighted by atomic mass is 9.87. The molecule has 1 N–H and O–H groups in total. The predicted octanol–water partition coefficient (Wildman–Crippen LogP) is 4.40. The van der Waals surface area contributed by atoms with Crippen molar-refractivity contribution in [2.24, 2.45) is 5.92 Å². The minimum Gasteiger partial charge on any atom is -0.352 e. The quantitative estimate of drug-likeness (QED) is 0.760. The molecule has 26 heavy (non-hydrogen) atoms. The Bertz CT molecular complexity index is 892. The molecule has 1 heterocycles. The number of nitrogens with zero attached hydrogens (tertiary/aromatic N) is 2. The van der Waals surface area contributed by atoms with Gasteiger partial charge in [-0.05, 0) is 37.7 Å². The summed E-state index contributed by atoms with van der Waals surface area (Å²) in [5.74, 6) is 0.837. The van der Waals surface area contributed by atoms with Crippen molar-refractivity contribution in [1.82, 2.24) is 15.1 Å². The fraction of sp³-hybridized carbons (Fsp3) is 0.364. The SMILES string of the molecule is CC1CCC(NC(=O)Cn2nc(-c3ccccc3)c3ccccc32)CC1. The van der Waals surface area contributed by atoms with Crippen LogP contribution in [0.4, 0.5) is 0 Å². The number of fused-ring (bicyclic) bond motifs is 1. The van der Waals surface area contributed by atoms with Gasteiger partial charge in [0, 0.05) is 17.0 Å². The van der Waals surface area contributed by atoms with E-state index in [0.29, 0.717) is 6.04 Å². The van der Waals surface area contributed by atoms with Crippen LogP contribution in [0.15, 0.2) is 54.6 Å². The van der Waals surface area contributed by atoms with E-state index >= 15 is 0 Å². The third kappa shape index (κ3) is 3.50. The van der Waals surface area contributed by atoms with Crippen molar-refractivity contribution in [1.29, 1.82) is 0 Å². The van der Waals surface area contributed by atoms with Crippen LogP contribution in [-0.4, -0.2) is 21.7 Å². The molecule has 0 aliphatic heterocycles. The molecule has 1 amide bonds. The van der Waals surface area contributed by atoms with Gasteiger partial charge in [-0.15, -0.1) is 0 Å². The number of aromatic nitrogens is 2. The van der Waals surface area contributed by atoms with E-state index in [1.165, 1.54) is 12.8 Å². The molecule has 0 atom stereocenters. The maximum atomic E-state index is 12.6. The molecule has 0 bridgehead atoms. The summed E-state index contributed by atoms with van der Waals surface area (Å²) in [7, 11) is 0. The Morgan fingerprint density at radius 1 is 1.04 bits per heavy atom. The summed E-state index contributed by atoms with van der Waals surface area (Å²) < 4.78 is 1.83. The van der Waals surface area contributed by atoms with Gasteiger partial charge >= 0.3 is 0 Å². The van der Waals surface area contributed by atoms with Crippen LogP contribution in [0.2, 0.25) is 0 Å². The van der Waals surface area contributed by atoms with Crippen LogP contribution in [0.5, 0.6) is 0 Å². The first-order valence-electron chi connectivity index (χ1n) is 9.51. The molecule has 134 valence electrons. The van der Waals surface area contributed by atoms with Crippen molar-refractivity contribution in [2.75, 3.05) is 0 Å². The second-order valence-electron chi connectivity index (χ2n) is 7.41. The number of para-hydroxylation sites is 1. The van der Waals surface area contributed by atoms with Gasteiger partial charge in [-0.2, -0.15) is 5.10 Å². The van der Waals surface area contributed by atoms with Crippen LogP contribution in [-0.2, 0) is 11.3 Å². The lowest BCUT2D eigenvalue weighted by Crippen LogP contribution is -2.39. The Morgan fingerprint density at radius 3 is 2.50 bits per heavy atom. The normalized spacial score (nSPS) is 20.2. The molecule has 4 rings (SSSR count). The first-order chi connectivity index (χ1) is 12.7. The fourth-order valence-corrected chi connectivity index (χ4v) is 3.87. The summed E-state index contributed by atoms with van der Waals surface area (Å²) >= 11 is 0. The topological polar surface area (TPSA) is 46.9 Å². The number of hydrogen-bond donors (Lipinski definition) is 1. The van der Waals surface area contributed by atoms with Crippen molar-refractivity contribution >= 4 is 16.8 Å². The highest BCUT2D eigenvalue weighted by Gasteiger charge is 2.20. The van der Waals surface area contributed by atoms with Gasteiger partial charge in [-0.3, -0.25) is 9.48 Å². The summed E-state index contributed by atoms with van der Waals surface area (Å²) in [5, 5.41) is 9.04. The van der Waals surface area contributed by atoms with Crippen LogP contribution in [0.25, 0.3) is 22.2 Å². The molecule has 3 aromatic rings. The zero-order valence-corrected chi connectivity index (χ0v) is 15.2. The van der Waals surface area contributed by atoms with Crippen molar-refractivity contribution in [3.8, 4) is 11.3 Å². The zero-order chi connectivity index (χ0) is 17.9. The van der Waals surface area contributed by atoms with Crippen molar-refractivity contribution < 1.29 is 4.79 Å². The maximum Gasteiger partial charge on any atom is 0.241 e. The third-order valence-corrected chi connectivity index (χ3v) is 5.38. The molecule has 1 aromatic heterocycles. The molecule has 0 radical (unpaired) electrons. The van der Waals surface area contributed by atoms with Crippen LogP contribution < -0.4 is 5.32 Å². The summed E-state index contributed by atoms with van der Waals surface area (Å²) in [6, 6.07) is 18.6. The van der Waals surface area contributed by atoms with Crippen molar-refractivity contribution in [3.05, 3.63) is 54.6 Å². The van der Waals surface area contributed by atoms with E-state index in [4.69, 9.17) is 5.10 Å². The van der Waals surface area contributed by atoms with Crippen LogP contribution in [0.1, 0.15) is 32.6 Å². The average Bonchev–Trinajstić information content (AvgIpc) is 3.03. The molecule has 1 aliphatic rings. The Morgan fingerprint density at radius 2 is 1.73 bits per heavy atom. The smallest absolute Gasteiger partial charge is 0.241 e. The average molecular weight is 347 g/mol. The Labute approximate surface area is 154 Å². The molecule has 1 fully saturated rings. The van der Waals surface area contributed by atoms with Gasteiger partial charge in [0.2, 0.25) is 5.91 Å². The zero-order valence-electron chi connectivity index (χ0n) is 15.2. The van der Waals surface area contributed by atoms with E-state index in [1.807, 2.05) is 41.1 Å². The highest BCUT2D eigenvalue weighted by atomic mass is 16.2. The molecule has 0 unspecified atom stereocenters. The van der Waals surface area contributed by atoms with Crippen molar-refractivity contribution in [2.45, 2.75) is 45.2 Å². The van der Waals surface area contributed by atoms with Gasteiger partial charge in [0.25, 0.3) is 0 Å². The number of amides is 1. The van der Waals surface area contributed by atoms with E-state index < -0.39 is 0 Å². The molecule has 1 saturated carbocycles. The summed E-state index contributed by atoms with van der Waals surface area (Å²) in [5.41, 5.74) is 3.00. The molecular weight excluding hydrogens is 322 g/mol. The second kappa shape index (κ2) is 7.32. The number of hydrogen-bond acceptors (Lipinski definition) is 2. The molecule has 1 aliphatic carbocycles. The van der Waals surface area contributed by atoms with Gasteiger partial charge in [0.15, 0.2) is 0 Å². The van der Waals surface area contributed by atoms with Crippen LogP contribution in [0.3, 0.4) is 0 Å². The van der Waals surface area contributed by atoms with Gasteiger partial charge in [-0.1, -0.05) is 55.5 Å². The molecule has 0 spiro atoms. The highest BCUT2D eigenvalue weighted by molar-refractivity contribution is 5.94. The third-order valence-electron chi connectivity index (χ3n) is 5.38. The Hall–Kier alpha value is -2.62. The first kappa shape index (κ1) is 16.8. The minimum absolute atomic E-state index is 0.0532. The minimum atomic E-state index is 0.0532. The predicted molar refractivity (Wildman–Crippen MR) is 105 cm³/mol. The number of rotatable bonds is 4. The number of nitrogens with one attached hydrogen (secondary N) is 1. The van der Waals surface area contributed by atoms with Gasteiger partial charge in [0.05, 0.1) is 5.52 Å². The van der Waals surface area contributed by atoms with E-state index in [0.717, 1.165) is 40.9 Å². The number of carbonyl (C=O) groups excluding carboxylic acids is 1. The van der Waals surface area contributed by atoms with Crippen LogP contribution >= 0.6 is 0 Å². The fourth-order valence-electron chi connectivity index (χ4n) is 3.87. The van der Waals surface area contributed by atoms with Gasteiger partial charge < -0.3 is 5.32 Å². The molecule has 4 nitrogen and oxygen atoms in total. The largest absolute Gasteiger partial charge is 0.352 e. The molecule has 4 heteroatoms. The second-order valence-corrected chi connectivity index (χ2v) is 7.41. The van der Waals surface area contributed by atoms with Gasteiger partial charge in [-0.25, -0.2) is 0 Å². The first-order valence-corrected chi connectivity index (χ1v) is 9.51. The number of benzene rings is 2. The lowest BCUT2D eigenvalue weighted by molar-refractivity contribution is -0.122. The Balaban J connectivity index is 1.56. The highest BCUT2D eigenvalue weighted by Crippen LogP contribution is 2.28. The number of carbonyl (C=O) groups is 1. The van der Waals surface area contributed by atoms with E-state index in [-0.39, 0.29) is 12.5 Å². The molecule has 2 aromatic carbocycles. The van der Waals surface area contributed by atoms with E-state index in [2.05, 4.69) is 30.4 Å². The summed E-state index contributed by atoms with van der Waals surface area (Å²) in [6.07, 6.45) is 4.58. The Kier molecular flexibility index (Phi) is 4.74.